The van der Waals surface area contributed by atoms with Crippen LogP contribution >= 0.6 is 0 Å². The minimum absolute atomic E-state index is 0.129. The second-order valence-electron chi connectivity index (χ2n) is 8.29. The first kappa shape index (κ1) is 28.4. The summed E-state index contributed by atoms with van der Waals surface area (Å²) in [4.78, 5) is 22.8. The SMILES string of the molecule is C=CCOC(=O)C(CC/C=C/CCCCCCCCCCCCCCC)CC(=O)O. The van der Waals surface area contributed by atoms with Crippen molar-refractivity contribution in [2.75, 3.05) is 6.61 Å². The molecule has 1 N–H and O–H groups in total. The van der Waals surface area contributed by atoms with E-state index in [1.54, 1.807) is 0 Å². The van der Waals surface area contributed by atoms with Crippen molar-refractivity contribution in [3.8, 4) is 0 Å². The van der Waals surface area contributed by atoms with Gasteiger partial charge in [-0.15, -0.1) is 0 Å². The monoisotopic (exact) mass is 422 g/mol. The molecular formula is C26H46O4. The third-order valence-electron chi connectivity index (χ3n) is 5.42. The number of aliphatic carboxylic acids is 1. The molecule has 174 valence electrons. The van der Waals surface area contributed by atoms with E-state index in [2.05, 4.69) is 25.7 Å². The Morgan fingerprint density at radius 3 is 1.83 bits per heavy atom. The Kier molecular flexibility index (Phi) is 20.9. The maximum Gasteiger partial charge on any atom is 0.309 e. The standard InChI is InChI=1S/C26H46O4/c1-3-5-6-7-8-9-10-11-12-13-14-15-16-17-18-19-20-21-24(23-25(27)28)26(29)30-22-4-2/h4,18-19,24H,2-3,5-17,20-23H2,1H3,(H,27,28)/b19-18+. The number of unbranched alkanes of at least 4 members (excludes halogenated alkanes) is 13. The van der Waals surface area contributed by atoms with Crippen molar-refractivity contribution in [3.63, 3.8) is 0 Å². The lowest BCUT2D eigenvalue weighted by atomic mass is 9.99. The van der Waals surface area contributed by atoms with Crippen molar-refractivity contribution >= 4 is 11.9 Å². The van der Waals surface area contributed by atoms with E-state index < -0.39 is 17.9 Å². The molecular weight excluding hydrogens is 376 g/mol. The molecule has 0 aliphatic carbocycles. The van der Waals surface area contributed by atoms with Crippen LogP contribution < -0.4 is 0 Å². The molecule has 1 unspecified atom stereocenters. The Bertz CT molecular complexity index is 456. The Labute approximate surface area is 185 Å². The van der Waals surface area contributed by atoms with Crippen molar-refractivity contribution in [1.82, 2.24) is 0 Å². The number of carboxylic acids is 1. The highest BCUT2D eigenvalue weighted by Crippen LogP contribution is 2.15. The fourth-order valence-corrected chi connectivity index (χ4v) is 3.59. The summed E-state index contributed by atoms with van der Waals surface area (Å²) in [5, 5.41) is 8.96. The molecule has 0 spiro atoms. The molecule has 0 fully saturated rings. The van der Waals surface area contributed by atoms with Gasteiger partial charge in [0, 0.05) is 0 Å². The summed E-state index contributed by atoms with van der Waals surface area (Å²) >= 11 is 0. The number of hydrogen-bond acceptors (Lipinski definition) is 3. The maximum atomic E-state index is 11.9. The van der Waals surface area contributed by atoms with E-state index in [1.165, 1.54) is 89.5 Å². The van der Waals surface area contributed by atoms with E-state index in [0.29, 0.717) is 12.8 Å². The Balaban J connectivity index is 3.57. The van der Waals surface area contributed by atoms with Gasteiger partial charge in [0.15, 0.2) is 0 Å². The molecule has 4 nitrogen and oxygen atoms in total. The summed E-state index contributed by atoms with van der Waals surface area (Å²) in [6.07, 6.45) is 25.5. The van der Waals surface area contributed by atoms with Crippen LogP contribution in [0.2, 0.25) is 0 Å². The Morgan fingerprint density at radius 2 is 1.33 bits per heavy atom. The molecule has 4 heteroatoms. The summed E-state index contributed by atoms with van der Waals surface area (Å²) in [5.41, 5.74) is 0. The second-order valence-corrected chi connectivity index (χ2v) is 8.29. The minimum Gasteiger partial charge on any atom is -0.481 e. The number of carbonyl (C=O) groups is 2. The molecule has 30 heavy (non-hydrogen) atoms. The van der Waals surface area contributed by atoms with Gasteiger partial charge < -0.3 is 9.84 Å². The van der Waals surface area contributed by atoms with E-state index in [-0.39, 0.29) is 13.0 Å². The average Bonchev–Trinajstić information content (AvgIpc) is 2.73. The van der Waals surface area contributed by atoms with Gasteiger partial charge in [-0.1, -0.05) is 109 Å². The van der Waals surface area contributed by atoms with Gasteiger partial charge in [0.05, 0.1) is 12.3 Å². The predicted octanol–water partition coefficient (Wildman–Crippen LogP) is 7.62. The van der Waals surface area contributed by atoms with E-state index in [1.807, 2.05) is 0 Å². The summed E-state index contributed by atoms with van der Waals surface area (Å²) < 4.78 is 4.99. The predicted molar refractivity (Wildman–Crippen MR) is 126 cm³/mol. The van der Waals surface area contributed by atoms with E-state index in [4.69, 9.17) is 9.84 Å². The number of carboxylic acid groups (broad SMARTS) is 1. The van der Waals surface area contributed by atoms with Crippen LogP contribution in [0.15, 0.2) is 24.8 Å². The van der Waals surface area contributed by atoms with E-state index in [0.717, 1.165) is 6.42 Å². The first-order valence-corrected chi connectivity index (χ1v) is 12.3. The number of carbonyl (C=O) groups excluding carboxylic acids is 1. The molecule has 0 aliphatic rings. The zero-order valence-electron chi connectivity index (χ0n) is 19.4. The lowest BCUT2D eigenvalue weighted by Crippen LogP contribution is -2.21. The highest BCUT2D eigenvalue weighted by molar-refractivity contribution is 5.79. The quantitative estimate of drug-likeness (QED) is 0.111. The van der Waals surface area contributed by atoms with Crippen LogP contribution in [0.25, 0.3) is 0 Å². The first-order chi connectivity index (χ1) is 14.6. The van der Waals surface area contributed by atoms with E-state index >= 15 is 0 Å². The summed E-state index contributed by atoms with van der Waals surface area (Å²) in [5.74, 6) is -1.99. The molecule has 0 aliphatic heterocycles. The third kappa shape index (κ3) is 19.7. The zero-order valence-corrected chi connectivity index (χ0v) is 19.4. The molecule has 0 aromatic heterocycles. The van der Waals surface area contributed by atoms with Crippen LogP contribution in [0.4, 0.5) is 0 Å². The average molecular weight is 423 g/mol. The second kappa shape index (κ2) is 22.1. The van der Waals surface area contributed by atoms with Gasteiger partial charge in [-0.2, -0.15) is 0 Å². The lowest BCUT2D eigenvalue weighted by Gasteiger charge is -2.12. The Hall–Kier alpha value is -1.58. The van der Waals surface area contributed by atoms with Crippen LogP contribution in [0.3, 0.4) is 0 Å². The highest BCUT2D eigenvalue weighted by Gasteiger charge is 2.22. The molecule has 0 heterocycles. The first-order valence-electron chi connectivity index (χ1n) is 12.3. The van der Waals surface area contributed by atoms with Gasteiger partial charge in [0.2, 0.25) is 0 Å². The van der Waals surface area contributed by atoms with Gasteiger partial charge in [-0.3, -0.25) is 9.59 Å². The third-order valence-corrected chi connectivity index (χ3v) is 5.42. The van der Waals surface area contributed by atoms with Crippen LogP contribution in [-0.4, -0.2) is 23.7 Å². The molecule has 0 amide bonds. The van der Waals surface area contributed by atoms with Crippen molar-refractivity contribution in [2.45, 2.75) is 116 Å². The number of hydrogen-bond donors (Lipinski definition) is 1. The minimum atomic E-state index is -0.966. The van der Waals surface area contributed by atoms with E-state index in [9.17, 15) is 9.59 Å². The van der Waals surface area contributed by atoms with Crippen LogP contribution in [0, 0.1) is 5.92 Å². The highest BCUT2D eigenvalue weighted by atomic mass is 16.5. The summed E-state index contributed by atoms with van der Waals surface area (Å²) in [7, 11) is 0. The molecule has 0 rings (SSSR count). The molecule has 0 saturated carbocycles. The maximum absolute atomic E-state index is 11.9. The number of ether oxygens (including phenoxy) is 1. The van der Waals surface area contributed by atoms with Gasteiger partial charge in [-0.25, -0.2) is 0 Å². The fraction of sp³-hybridized carbons (Fsp3) is 0.769. The summed E-state index contributed by atoms with van der Waals surface area (Å²) in [6.45, 7) is 5.89. The van der Waals surface area contributed by atoms with Crippen molar-refractivity contribution in [1.29, 1.82) is 0 Å². The number of allylic oxidation sites excluding steroid dienone is 2. The smallest absolute Gasteiger partial charge is 0.309 e. The topological polar surface area (TPSA) is 63.6 Å². The normalized spacial score (nSPS) is 12.2. The van der Waals surface area contributed by atoms with Gasteiger partial charge in [0.25, 0.3) is 0 Å². The molecule has 0 aromatic rings. The van der Waals surface area contributed by atoms with Crippen LogP contribution in [0.5, 0.6) is 0 Å². The molecule has 0 aromatic carbocycles. The molecule has 0 saturated heterocycles. The molecule has 0 radical (unpaired) electrons. The van der Waals surface area contributed by atoms with Crippen molar-refractivity contribution in [3.05, 3.63) is 24.8 Å². The molecule has 0 bridgehead atoms. The lowest BCUT2D eigenvalue weighted by molar-refractivity contribution is -0.152. The van der Waals surface area contributed by atoms with Crippen LogP contribution in [-0.2, 0) is 14.3 Å². The largest absolute Gasteiger partial charge is 0.481 e. The van der Waals surface area contributed by atoms with Crippen LogP contribution in [0.1, 0.15) is 116 Å². The fourth-order valence-electron chi connectivity index (χ4n) is 3.59. The van der Waals surface area contributed by atoms with Crippen molar-refractivity contribution < 1.29 is 19.4 Å². The zero-order chi connectivity index (χ0) is 22.3. The Morgan fingerprint density at radius 1 is 0.833 bits per heavy atom. The number of rotatable bonds is 22. The summed E-state index contributed by atoms with van der Waals surface area (Å²) in [6, 6.07) is 0. The van der Waals surface area contributed by atoms with Gasteiger partial charge in [-0.05, 0) is 25.7 Å². The van der Waals surface area contributed by atoms with Gasteiger partial charge in [0.1, 0.15) is 6.61 Å². The number of esters is 1. The molecule has 1 atom stereocenters. The van der Waals surface area contributed by atoms with Gasteiger partial charge >= 0.3 is 11.9 Å². The van der Waals surface area contributed by atoms with Crippen molar-refractivity contribution in [2.24, 2.45) is 5.92 Å².